The minimum Gasteiger partial charge on any atom is -0.271 e. The van der Waals surface area contributed by atoms with Gasteiger partial charge in [0, 0.05) is 10.5 Å². The summed E-state index contributed by atoms with van der Waals surface area (Å²) < 4.78 is 0.927. The monoisotopic (exact) mass is 360 g/mol. The number of nitrogens with one attached hydrogen (secondary N) is 1. The second-order valence-electron chi connectivity index (χ2n) is 5.27. The fourth-order valence-electron chi connectivity index (χ4n) is 2.42. The summed E-state index contributed by atoms with van der Waals surface area (Å²) >= 11 is 9.78. The van der Waals surface area contributed by atoms with E-state index in [0.717, 1.165) is 21.5 Å². The van der Waals surface area contributed by atoms with Crippen molar-refractivity contribution in [3.63, 3.8) is 0 Å². The lowest BCUT2D eigenvalue weighted by Crippen LogP contribution is -2.28. The molecule has 0 radical (unpaired) electrons. The van der Waals surface area contributed by atoms with Gasteiger partial charge in [-0.05, 0) is 34.0 Å². The standard InChI is InChI=1S/C16H26BrClN2/c1-2-3-4-5-6-7-8-12-15(20-19)13-10-9-11-14(17)16(13)18/h9-11,15,20H,2-8,12,19H2,1H3. The van der Waals surface area contributed by atoms with Gasteiger partial charge in [-0.15, -0.1) is 0 Å². The summed E-state index contributed by atoms with van der Waals surface area (Å²) in [6.07, 6.45) is 10.2. The largest absolute Gasteiger partial charge is 0.271 e. The van der Waals surface area contributed by atoms with Crippen LogP contribution in [0.4, 0.5) is 0 Å². The van der Waals surface area contributed by atoms with E-state index in [9.17, 15) is 0 Å². The SMILES string of the molecule is CCCCCCCCCC(NN)c1cccc(Br)c1Cl. The van der Waals surface area contributed by atoms with Crippen LogP contribution in [0.2, 0.25) is 5.02 Å². The van der Waals surface area contributed by atoms with Crippen LogP contribution in [0.25, 0.3) is 0 Å². The van der Waals surface area contributed by atoms with Gasteiger partial charge in [-0.3, -0.25) is 11.3 Å². The van der Waals surface area contributed by atoms with Gasteiger partial charge in [0.1, 0.15) is 0 Å². The van der Waals surface area contributed by atoms with Crippen LogP contribution >= 0.6 is 27.5 Å². The van der Waals surface area contributed by atoms with E-state index < -0.39 is 0 Å². The van der Waals surface area contributed by atoms with Crippen molar-refractivity contribution in [2.45, 2.75) is 64.3 Å². The highest BCUT2D eigenvalue weighted by Gasteiger charge is 2.14. The van der Waals surface area contributed by atoms with Gasteiger partial charge >= 0.3 is 0 Å². The lowest BCUT2D eigenvalue weighted by molar-refractivity contribution is 0.476. The molecule has 3 N–H and O–H groups in total. The molecule has 114 valence electrons. The highest BCUT2D eigenvalue weighted by atomic mass is 79.9. The third-order valence-electron chi connectivity index (χ3n) is 3.65. The number of hydrogen-bond acceptors (Lipinski definition) is 2. The molecule has 4 heteroatoms. The van der Waals surface area contributed by atoms with E-state index in [2.05, 4.69) is 28.3 Å². The first-order valence-corrected chi connectivity index (χ1v) is 8.77. The third kappa shape index (κ3) is 6.13. The van der Waals surface area contributed by atoms with E-state index in [1.165, 1.54) is 44.9 Å². The number of nitrogens with two attached hydrogens (primary N) is 1. The van der Waals surface area contributed by atoms with Crippen molar-refractivity contribution >= 4 is 27.5 Å². The van der Waals surface area contributed by atoms with Crippen molar-refractivity contribution in [3.8, 4) is 0 Å². The summed E-state index contributed by atoms with van der Waals surface area (Å²) in [7, 11) is 0. The van der Waals surface area contributed by atoms with Gasteiger partial charge in [0.2, 0.25) is 0 Å². The van der Waals surface area contributed by atoms with E-state index in [1.54, 1.807) is 0 Å². The van der Waals surface area contributed by atoms with Crippen LogP contribution < -0.4 is 11.3 Å². The van der Waals surface area contributed by atoms with Crippen LogP contribution in [0.5, 0.6) is 0 Å². The van der Waals surface area contributed by atoms with Crippen LogP contribution in [-0.4, -0.2) is 0 Å². The second-order valence-corrected chi connectivity index (χ2v) is 6.50. The molecule has 0 aromatic heterocycles. The van der Waals surface area contributed by atoms with Gasteiger partial charge in [0.25, 0.3) is 0 Å². The molecule has 0 aliphatic heterocycles. The summed E-state index contributed by atoms with van der Waals surface area (Å²) in [5.41, 5.74) is 3.97. The average Bonchev–Trinajstić information content (AvgIpc) is 2.46. The van der Waals surface area contributed by atoms with Crippen LogP contribution in [-0.2, 0) is 0 Å². The number of benzene rings is 1. The Balaban J connectivity index is 2.34. The molecule has 1 aromatic rings. The van der Waals surface area contributed by atoms with Crippen LogP contribution in [0, 0.1) is 0 Å². The van der Waals surface area contributed by atoms with E-state index in [0.29, 0.717) is 0 Å². The van der Waals surface area contributed by atoms with Crippen molar-refractivity contribution in [1.29, 1.82) is 0 Å². The molecule has 0 aliphatic carbocycles. The first kappa shape index (κ1) is 18.0. The highest BCUT2D eigenvalue weighted by Crippen LogP contribution is 2.32. The fraction of sp³-hybridized carbons (Fsp3) is 0.625. The van der Waals surface area contributed by atoms with Crippen LogP contribution in [0.15, 0.2) is 22.7 Å². The molecule has 0 saturated heterocycles. The molecular weight excluding hydrogens is 336 g/mol. The number of hydrazine groups is 1. The molecule has 1 unspecified atom stereocenters. The molecule has 0 amide bonds. The average molecular weight is 362 g/mol. The second kappa shape index (κ2) is 10.6. The molecule has 0 aliphatic rings. The Bertz CT molecular complexity index is 385. The minimum absolute atomic E-state index is 0.135. The number of halogens is 2. The van der Waals surface area contributed by atoms with Crippen molar-refractivity contribution in [3.05, 3.63) is 33.3 Å². The Morgan fingerprint density at radius 2 is 1.80 bits per heavy atom. The minimum atomic E-state index is 0.135. The van der Waals surface area contributed by atoms with Crippen molar-refractivity contribution in [2.24, 2.45) is 5.84 Å². The summed E-state index contributed by atoms with van der Waals surface area (Å²) in [5.74, 6) is 5.68. The molecule has 1 aromatic carbocycles. The quantitative estimate of drug-likeness (QED) is 0.316. The van der Waals surface area contributed by atoms with Crippen LogP contribution in [0.3, 0.4) is 0 Å². The van der Waals surface area contributed by atoms with Crippen molar-refractivity contribution < 1.29 is 0 Å². The van der Waals surface area contributed by atoms with Gasteiger partial charge in [-0.25, -0.2) is 0 Å². The lowest BCUT2D eigenvalue weighted by atomic mass is 10.00. The molecule has 0 saturated carbocycles. The Hall–Kier alpha value is -0.0900. The molecule has 0 spiro atoms. The maximum absolute atomic E-state index is 6.32. The zero-order valence-electron chi connectivity index (χ0n) is 12.3. The van der Waals surface area contributed by atoms with E-state index >= 15 is 0 Å². The van der Waals surface area contributed by atoms with Gasteiger partial charge in [-0.1, -0.05) is 75.6 Å². The van der Waals surface area contributed by atoms with Crippen LogP contribution in [0.1, 0.15) is 69.9 Å². The van der Waals surface area contributed by atoms with Gasteiger partial charge in [0.05, 0.1) is 5.02 Å². The molecule has 0 fully saturated rings. The van der Waals surface area contributed by atoms with Gasteiger partial charge in [0.15, 0.2) is 0 Å². The summed E-state index contributed by atoms with van der Waals surface area (Å²) in [6, 6.07) is 6.13. The summed E-state index contributed by atoms with van der Waals surface area (Å²) in [4.78, 5) is 0. The van der Waals surface area contributed by atoms with Crippen molar-refractivity contribution in [2.75, 3.05) is 0 Å². The molecule has 2 nitrogen and oxygen atoms in total. The van der Waals surface area contributed by atoms with Crippen molar-refractivity contribution in [1.82, 2.24) is 5.43 Å². The molecule has 20 heavy (non-hydrogen) atoms. The van der Waals surface area contributed by atoms with E-state index in [1.807, 2.05) is 18.2 Å². The highest BCUT2D eigenvalue weighted by molar-refractivity contribution is 9.10. The van der Waals surface area contributed by atoms with Gasteiger partial charge in [-0.2, -0.15) is 0 Å². The lowest BCUT2D eigenvalue weighted by Gasteiger charge is -2.18. The maximum Gasteiger partial charge on any atom is 0.0596 e. The maximum atomic E-state index is 6.32. The number of hydrogen-bond donors (Lipinski definition) is 2. The van der Waals surface area contributed by atoms with E-state index in [-0.39, 0.29) is 6.04 Å². The summed E-state index contributed by atoms with van der Waals surface area (Å²) in [5, 5.41) is 0.762. The Morgan fingerprint density at radius 1 is 1.15 bits per heavy atom. The number of unbranched alkanes of at least 4 members (excludes halogenated alkanes) is 6. The first-order chi connectivity index (χ1) is 9.70. The zero-order valence-corrected chi connectivity index (χ0v) is 14.6. The predicted molar refractivity (Wildman–Crippen MR) is 91.8 cm³/mol. The first-order valence-electron chi connectivity index (χ1n) is 7.60. The molecule has 1 atom stereocenters. The zero-order chi connectivity index (χ0) is 14.8. The van der Waals surface area contributed by atoms with E-state index in [4.69, 9.17) is 17.4 Å². The smallest absolute Gasteiger partial charge is 0.0596 e. The summed E-state index contributed by atoms with van der Waals surface area (Å²) in [6.45, 7) is 2.25. The molecule has 0 bridgehead atoms. The normalized spacial score (nSPS) is 12.6. The Morgan fingerprint density at radius 3 is 2.45 bits per heavy atom. The number of rotatable bonds is 10. The molecular formula is C16H26BrClN2. The third-order valence-corrected chi connectivity index (χ3v) is 4.97. The van der Waals surface area contributed by atoms with Gasteiger partial charge < -0.3 is 0 Å². The predicted octanol–water partition coefficient (Wildman–Crippen LogP) is 5.75. The fourth-order valence-corrected chi connectivity index (χ4v) is 3.06. The Labute approximate surface area is 136 Å². The Kier molecular flexibility index (Phi) is 9.53. The molecule has 0 heterocycles. The molecule has 1 rings (SSSR count). The topological polar surface area (TPSA) is 38.0 Å².